The molecule has 6 aliphatic rings. The van der Waals surface area contributed by atoms with Gasteiger partial charge in [-0.25, -0.2) is 19.6 Å². The highest BCUT2D eigenvalue weighted by Gasteiger charge is 2.44. The smallest absolute Gasteiger partial charge is 0.262 e. The van der Waals surface area contributed by atoms with Crippen LogP contribution in [0.1, 0.15) is 34.6 Å². The van der Waals surface area contributed by atoms with E-state index in [1.54, 1.807) is 24.3 Å². The Morgan fingerprint density at radius 1 is 0.726 bits per heavy atom. The maximum Gasteiger partial charge on any atom is 0.262 e. The number of likely N-dealkylation sites (N-methyl/N-ethyl adjacent to an activating group) is 3. The van der Waals surface area contributed by atoms with E-state index in [1.165, 1.54) is 12.1 Å². The van der Waals surface area contributed by atoms with E-state index in [-0.39, 0.29) is 47.7 Å². The number of ether oxygens (including phenoxy) is 2. The molecule has 6 heterocycles. The van der Waals surface area contributed by atoms with E-state index >= 15 is 0 Å². The van der Waals surface area contributed by atoms with Gasteiger partial charge in [-0.3, -0.25) is 9.59 Å². The second-order valence-electron chi connectivity index (χ2n) is 17.6. The molecule has 3 N–H and O–H groups in total. The third kappa shape index (κ3) is 7.14. The van der Waals surface area contributed by atoms with Crippen molar-refractivity contribution in [2.75, 3.05) is 80.0 Å². The van der Waals surface area contributed by atoms with Crippen molar-refractivity contribution in [1.29, 1.82) is 0 Å². The van der Waals surface area contributed by atoms with Crippen LogP contribution in [-0.4, -0.2) is 116 Å². The minimum Gasteiger partial charge on any atom is -0.483 e. The van der Waals surface area contributed by atoms with Crippen molar-refractivity contribution >= 4 is 46.2 Å². The summed E-state index contributed by atoms with van der Waals surface area (Å²) in [5.41, 5.74) is 10.7. The minimum atomic E-state index is -0.419. The van der Waals surface area contributed by atoms with Gasteiger partial charge in [-0.05, 0) is 85.1 Å². The molecule has 6 aliphatic heterocycles. The summed E-state index contributed by atoms with van der Waals surface area (Å²) in [7, 11) is 4.17. The second kappa shape index (κ2) is 15.6. The summed E-state index contributed by atoms with van der Waals surface area (Å²) < 4.78 is 41.6. The third-order valence-electron chi connectivity index (χ3n) is 12.6. The standard InChI is InChI=1S/C24H28FN5O2.C22H24FN5O2/c1-5-29(24(3)13-28(4)14-24)19-11-20-21(10-17(19)16-8-6-7-9-18(16)25)32-12-22-26-27-23(31)15(2)30(20)22;1-13-21(29)26-25-20-10-30-19-8-15(14-6-4-5-7-16(14)23)17(9-18(19)28(13)20)24-22(2)11-27(3)12-22/h6-11,15H,5,12-14H2,1-4H3,(H,27,31);4-9,13,24H,10-12H2,1-3H3,(H,26,29). The molecule has 2 unspecified atom stereocenters. The number of carbonyl (C=O) groups is 2. The van der Waals surface area contributed by atoms with Gasteiger partial charge >= 0.3 is 0 Å². The number of fused-ring (bicyclic) bond motifs is 6. The number of hydrogen-bond donors (Lipinski definition) is 3. The molecule has 4 aromatic rings. The number of anilines is 4. The molecule has 2 saturated heterocycles. The molecule has 16 heteroatoms. The number of amidine groups is 2. The Hall–Kier alpha value is -6.26. The zero-order chi connectivity index (χ0) is 43.7. The van der Waals surface area contributed by atoms with Crippen molar-refractivity contribution in [3.63, 3.8) is 0 Å². The molecule has 4 aromatic carbocycles. The van der Waals surface area contributed by atoms with Crippen LogP contribution in [-0.2, 0) is 9.59 Å². The van der Waals surface area contributed by atoms with Crippen molar-refractivity contribution < 1.29 is 27.8 Å². The molecule has 0 bridgehead atoms. The van der Waals surface area contributed by atoms with E-state index in [0.717, 1.165) is 66.6 Å². The van der Waals surface area contributed by atoms with Crippen LogP contribution in [0, 0.1) is 11.6 Å². The van der Waals surface area contributed by atoms with E-state index in [1.807, 2.05) is 60.0 Å². The number of hydrogen-bond acceptors (Lipinski definition) is 12. The van der Waals surface area contributed by atoms with Gasteiger partial charge < -0.3 is 39.3 Å². The van der Waals surface area contributed by atoms with Crippen LogP contribution in [0.25, 0.3) is 22.3 Å². The third-order valence-corrected chi connectivity index (χ3v) is 12.6. The first kappa shape index (κ1) is 41.1. The average Bonchev–Trinajstić information content (AvgIpc) is 3.22. The summed E-state index contributed by atoms with van der Waals surface area (Å²) in [6, 6.07) is 20.5. The molecular formula is C46H52F2N10O4. The monoisotopic (exact) mass is 846 g/mol. The van der Waals surface area contributed by atoms with Gasteiger partial charge in [0.25, 0.3) is 11.8 Å². The Kier molecular flexibility index (Phi) is 10.3. The predicted octanol–water partition coefficient (Wildman–Crippen LogP) is 5.69. The molecule has 2 amide bonds. The summed E-state index contributed by atoms with van der Waals surface area (Å²) in [6.07, 6.45) is 0. The van der Waals surface area contributed by atoms with Gasteiger partial charge in [0.1, 0.15) is 48.4 Å². The van der Waals surface area contributed by atoms with Crippen molar-refractivity contribution in [2.45, 2.75) is 57.8 Å². The summed E-state index contributed by atoms with van der Waals surface area (Å²) in [4.78, 5) is 35.2. The van der Waals surface area contributed by atoms with Crippen molar-refractivity contribution in [2.24, 2.45) is 10.2 Å². The van der Waals surface area contributed by atoms with Gasteiger partial charge in [0.05, 0.1) is 22.5 Å². The van der Waals surface area contributed by atoms with Crippen LogP contribution in [0.2, 0.25) is 0 Å². The molecule has 0 saturated carbocycles. The number of nitrogens with one attached hydrogen (secondary N) is 3. The molecule has 0 radical (unpaired) electrons. The first-order valence-electron chi connectivity index (χ1n) is 21.0. The van der Waals surface area contributed by atoms with Gasteiger partial charge in [-0.15, -0.1) is 0 Å². The highest BCUT2D eigenvalue weighted by molar-refractivity contribution is 6.11. The first-order chi connectivity index (χ1) is 29.7. The molecule has 2 fully saturated rings. The van der Waals surface area contributed by atoms with Crippen LogP contribution in [0.3, 0.4) is 0 Å². The number of benzene rings is 4. The number of rotatable bonds is 7. The van der Waals surface area contributed by atoms with Gasteiger partial charge in [0, 0.05) is 66.4 Å². The maximum absolute atomic E-state index is 14.9. The average molecular weight is 847 g/mol. The number of carbonyl (C=O) groups excluding carboxylic acids is 2. The molecule has 14 nitrogen and oxygen atoms in total. The predicted molar refractivity (Wildman–Crippen MR) is 238 cm³/mol. The molecule has 0 aromatic heterocycles. The Morgan fingerprint density at radius 2 is 1.21 bits per heavy atom. The molecule has 62 heavy (non-hydrogen) atoms. The fourth-order valence-electron chi connectivity index (χ4n) is 9.94. The van der Waals surface area contributed by atoms with E-state index in [4.69, 9.17) is 9.47 Å². The van der Waals surface area contributed by atoms with Crippen LogP contribution in [0.15, 0.2) is 83.0 Å². The van der Waals surface area contributed by atoms with Gasteiger partial charge in [0.2, 0.25) is 0 Å². The number of hydrazone groups is 2. The zero-order valence-electron chi connectivity index (χ0n) is 36.1. The molecule has 0 spiro atoms. The highest BCUT2D eigenvalue weighted by atomic mass is 19.1. The largest absolute Gasteiger partial charge is 0.483 e. The van der Waals surface area contributed by atoms with Gasteiger partial charge in [-0.2, -0.15) is 10.2 Å². The van der Waals surface area contributed by atoms with Crippen molar-refractivity contribution in [3.8, 4) is 33.8 Å². The zero-order valence-corrected chi connectivity index (χ0v) is 36.1. The van der Waals surface area contributed by atoms with E-state index in [2.05, 4.69) is 75.9 Å². The van der Waals surface area contributed by atoms with Crippen molar-refractivity contribution in [3.05, 3.63) is 84.4 Å². The Labute approximate surface area is 360 Å². The topological polar surface area (TPSA) is 130 Å². The molecule has 2 atom stereocenters. The summed E-state index contributed by atoms with van der Waals surface area (Å²) in [5.74, 6) is 1.63. The number of amides is 2. The number of likely N-dealkylation sites (tertiary alicyclic amines) is 2. The van der Waals surface area contributed by atoms with E-state index in [9.17, 15) is 18.4 Å². The van der Waals surface area contributed by atoms with Crippen LogP contribution >= 0.6 is 0 Å². The Morgan fingerprint density at radius 3 is 1.71 bits per heavy atom. The highest BCUT2D eigenvalue weighted by Crippen LogP contribution is 2.47. The lowest BCUT2D eigenvalue weighted by Crippen LogP contribution is -2.67. The molecule has 324 valence electrons. The number of nitrogens with zero attached hydrogens (tertiary/aromatic N) is 7. The lowest BCUT2D eigenvalue weighted by Gasteiger charge is -2.54. The van der Waals surface area contributed by atoms with Gasteiger partial charge in [-0.1, -0.05) is 36.4 Å². The van der Waals surface area contributed by atoms with Crippen LogP contribution in [0.4, 0.5) is 31.5 Å². The molecule has 10 rings (SSSR count). The van der Waals surface area contributed by atoms with Crippen LogP contribution < -0.4 is 40.3 Å². The quantitative estimate of drug-likeness (QED) is 0.214. The fourth-order valence-corrected chi connectivity index (χ4v) is 9.94. The normalized spacial score (nSPS) is 21.8. The van der Waals surface area contributed by atoms with E-state index in [0.29, 0.717) is 34.3 Å². The Bertz CT molecular complexity index is 2520. The summed E-state index contributed by atoms with van der Waals surface area (Å²) in [5, 5.41) is 12.0. The summed E-state index contributed by atoms with van der Waals surface area (Å²) >= 11 is 0. The first-order valence-corrected chi connectivity index (χ1v) is 21.0. The minimum absolute atomic E-state index is 0.0743. The molecular weight excluding hydrogens is 795 g/mol. The molecule has 0 aliphatic carbocycles. The second-order valence-corrected chi connectivity index (χ2v) is 17.6. The van der Waals surface area contributed by atoms with E-state index < -0.39 is 12.1 Å². The SMILES string of the molecule is CC1C(=O)NN=C2COc3cc(-c4ccccc4F)c(NC4(C)CN(C)C4)cc3N21.CCN(c1cc2c(cc1-c1ccccc1F)OCC1=NNC(=O)C(C)N12)C1(C)CN(C)C1. The van der Waals surface area contributed by atoms with Crippen LogP contribution in [0.5, 0.6) is 11.5 Å². The lowest BCUT2D eigenvalue weighted by molar-refractivity contribution is -0.123. The fraction of sp³-hybridized carbons (Fsp3) is 0.391. The summed E-state index contributed by atoms with van der Waals surface area (Å²) in [6.45, 7) is 15.0. The number of halogens is 2. The van der Waals surface area contributed by atoms with Gasteiger partial charge in [0.15, 0.2) is 11.7 Å². The maximum atomic E-state index is 14.9. The van der Waals surface area contributed by atoms with Crippen molar-refractivity contribution in [1.82, 2.24) is 20.7 Å². The Balaban J connectivity index is 0.000000158. The lowest BCUT2D eigenvalue weighted by atomic mass is 9.88.